The number of carbonyl (C=O) groups excluding carboxylic acids is 3. The van der Waals surface area contributed by atoms with Crippen molar-refractivity contribution in [3.8, 4) is 0 Å². The van der Waals surface area contributed by atoms with Crippen LogP contribution in [0, 0.1) is 13.8 Å². The molecule has 124 valence electrons. The molecule has 0 saturated carbocycles. The van der Waals surface area contributed by atoms with E-state index in [2.05, 4.69) is 10.3 Å². The van der Waals surface area contributed by atoms with Gasteiger partial charge in [-0.15, -0.1) is 0 Å². The van der Waals surface area contributed by atoms with Crippen LogP contribution in [0.5, 0.6) is 0 Å². The highest BCUT2D eigenvalue weighted by molar-refractivity contribution is 6.06. The van der Waals surface area contributed by atoms with E-state index in [0.717, 1.165) is 15.8 Å². The summed E-state index contributed by atoms with van der Waals surface area (Å²) in [5.74, 6) is -1.11. The lowest BCUT2D eigenvalue weighted by atomic mass is 10.1. The lowest BCUT2D eigenvalue weighted by Gasteiger charge is -2.14. The molecule has 24 heavy (non-hydrogen) atoms. The van der Waals surface area contributed by atoms with Crippen LogP contribution < -0.4 is 10.9 Å². The van der Waals surface area contributed by atoms with E-state index in [1.807, 2.05) is 13.0 Å². The first-order valence-electron chi connectivity index (χ1n) is 7.63. The van der Waals surface area contributed by atoms with Gasteiger partial charge in [0.1, 0.15) is 6.54 Å². The van der Waals surface area contributed by atoms with Crippen LogP contribution in [-0.4, -0.2) is 34.2 Å². The number of aromatic amines is 1. The monoisotopic (exact) mass is 327 g/mol. The molecule has 3 rings (SSSR count). The molecular formula is C17H17N3O4. The number of hydrogen-bond donors (Lipinski definition) is 2. The van der Waals surface area contributed by atoms with Gasteiger partial charge in [0.25, 0.3) is 5.56 Å². The number of benzene rings is 1. The predicted molar refractivity (Wildman–Crippen MR) is 88.6 cm³/mol. The molecule has 3 amide bonds. The summed E-state index contributed by atoms with van der Waals surface area (Å²) < 4.78 is 0. The van der Waals surface area contributed by atoms with Crippen LogP contribution in [0.4, 0.5) is 5.69 Å². The number of rotatable bonds is 3. The quantitative estimate of drug-likeness (QED) is 0.828. The second-order valence-electron chi connectivity index (χ2n) is 5.89. The van der Waals surface area contributed by atoms with Crippen molar-refractivity contribution in [2.24, 2.45) is 0 Å². The minimum atomic E-state index is -0.455. The van der Waals surface area contributed by atoms with Gasteiger partial charge in [-0.05, 0) is 31.5 Å². The Kier molecular flexibility index (Phi) is 3.92. The number of nitrogens with one attached hydrogen (secondary N) is 2. The van der Waals surface area contributed by atoms with E-state index in [9.17, 15) is 19.2 Å². The van der Waals surface area contributed by atoms with Crippen molar-refractivity contribution < 1.29 is 14.4 Å². The minimum absolute atomic E-state index is 0.155. The number of amides is 3. The maximum Gasteiger partial charge on any atom is 0.251 e. The zero-order valence-electron chi connectivity index (χ0n) is 13.4. The summed E-state index contributed by atoms with van der Waals surface area (Å²) in [6.07, 6.45) is 0.309. The highest BCUT2D eigenvalue weighted by atomic mass is 16.2. The summed E-state index contributed by atoms with van der Waals surface area (Å²) in [5.41, 5.74) is 2.49. The van der Waals surface area contributed by atoms with E-state index in [1.54, 1.807) is 19.1 Å². The Morgan fingerprint density at radius 1 is 1.12 bits per heavy atom. The summed E-state index contributed by atoms with van der Waals surface area (Å²) in [4.78, 5) is 50.7. The van der Waals surface area contributed by atoms with Crippen molar-refractivity contribution in [3.63, 3.8) is 0 Å². The number of carbonyl (C=O) groups is 3. The highest BCUT2D eigenvalue weighted by Gasteiger charge is 2.30. The van der Waals surface area contributed by atoms with Crippen LogP contribution >= 0.6 is 0 Å². The third kappa shape index (κ3) is 2.80. The second kappa shape index (κ2) is 5.92. The van der Waals surface area contributed by atoms with Crippen LogP contribution in [0.1, 0.15) is 24.0 Å². The Labute approximate surface area is 137 Å². The fourth-order valence-corrected chi connectivity index (χ4v) is 2.78. The number of hydrogen-bond acceptors (Lipinski definition) is 4. The van der Waals surface area contributed by atoms with E-state index in [0.29, 0.717) is 16.8 Å². The number of H-pyrrole nitrogens is 1. The van der Waals surface area contributed by atoms with Crippen molar-refractivity contribution in [1.82, 2.24) is 9.88 Å². The fourth-order valence-electron chi connectivity index (χ4n) is 2.78. The molecule has 1 aromatic heterocycles. The lowest BCUT2D eigenvalue weighted by molar-refractivity contribution is -0.141. The Balaban J connectivity index is 1.81. The maximum atomic E-state index is 12.1. The summed E-state index contributed by atoms with van der Waals surface area (Å²) in [5, 5.41) is 3.55. The van der Waals surface area contributed by atoms with Gasteiger partial charge in [0.05, 0.1) is 5.52 Å². The number of nitrogens with zero attached hydrogens (tertiary/aromatic N) is 1. The summed E-state index contributed by atoms with van der Waals surface area (Å²) in [6.45, 7) is 3.34. The Bertz CT molecular complexity index is 913. The van der Waals surface area contributed by atoms with Gasteiger partial charge in [-0.2, -0.15) is 0 Å². The van der Waals surface area contributed by atoms with E-state index in [4.69, 9.17) is 0 Å². The molecular weight excluding hydrogens is 310 g/mol. The maximum absolute atomic E-state index is 12.1. The molecule has 1 fully saturated rings. The van der Waals surface area contributed by atoms with Crippen LogP contribution in [0.25, 0.3) is 10.9 Å². The molecule has 1 aliphatic rings. The van der Waals surface area contributed by atoms with Crippen molar-refractivity contribution in [2.45, 2.75) is 26.7 Å². The smallest absolute Gasteiger partial charge is 0.251 e. The minimum Gasteiger partial charge on any atom is -0.324 e. The zero-order chi connectivity index (χ0) is 17.4. The predicted octanol–water partition coefficient (Wildman–Crippen LogP) is 1.23. The molecule has 0 atom stereocenters. The standard InChI is InChI=1S/C17H17N3O4/c1-9-10(2)17(24)19-13-7-11(3-4-12(9)13)18-14(21)8-20-15(22)5-6-16(20)23/h3-4,7H,5-6,8H2,1-2H3,(H,18,21)(H,19,24). The molecule has 2 N–H and O–H groups in total. The fraction of sp³-hybridized carbons (Fsp3) is 0.294. The summed E-state index contributed by atoms with van der Waals surface area (Å²) in [6, 6.07) is 5.20. The number of imide groups is 1. The number of pyridine rings is 1. The Hall–Kier alpha value is -2.96. The van der Waals surface area contributed by atoms with Gasteiger partial charge in [-0.3, -0.25) is 24.1 Å². The third-order valence-electron chi connectivity index (χ3n) is 4.32. The van der Waals surface area contributed by atoms with Crippen molar-refractivity contribution >= 4 is 34.3 Å². The molecule has 0 spiro atoms. The first-order valence-corrected chi connectivity index (χ1v) is 7.63. The van der Waals surface area contributed by atoms with E-state index in [1.165, 1.54) is 0 Å². The number of anilines is 1. The van der Waals surface area contributed by atoms with E-state index < -0.39 is 5.91 Å². The van der Waals surface area contributed by atoms with Gasteiger partial charge in [-0.25, -0.2) is 0 Å². The third-order valence-corrected chi connectivity index (χ3v) is 4.32. The van der Waals surface area contributed by atoms with Crippen molar-refractivity contribution in [1.29, 1.82) is 0 Å². The van der Waals surface area contributed by atoms with Crippen molar-refractivity contribution in [2.75, 3.05) is 11.9 Å². The SMILES string of the molecule is Cc1c(C)c2ccc(NC(=O)CN3C(=O)CCC3=O)cc2[nH]c1=O. The number of aryl methyl sites for hydroxylation is 1. The highest BCUT2D eigenvalue weighted by Crippen LogP contribution is 2.21. The largest absolute Gasteiger partial charge is 0.324 e. The number of fused-ring (bicyclic) bond motifs is 1. The molecule has 1 aromatic carbocycles. The topological polar surface area (TPSA) is 99.3 Å². The normalized spacial score (nSPS) is 14.5. The second-order valence-corrected chi connectivity index (χ2v) is 5.89. The van der Waals surface area contributed by atoms with Crippen LogP contribution in [0.2, 0.25) is 0 Å². The van der Waals surface area contributed by atoms with Gasteiger partial charge in [0.2, 0.25) is 17.7 Å². The first kappa shape index (κ1) is 15.9. The Morgan fingerprint density at radius 3 is 2.46 bits per heavy atom. The summed E-state index contributed by atoms with van der Waals surface area (Å²) >= 11 is 0. The summed E-state index contributed by atoms with van der Waals surface area (Å²) in [7, 11) is 0. The molecule has 2 heterocycles. The molecule has 2 aromatic rings. The molecule has 0 radical (unpaired) electrons. The average molecular weight is 327 g/mol. The van der Waals surface area contributed by atoms with Crippen LogP contribution in [0.3, 0.4) is 0 Å². The van der Waals surface area contributed by atoms with Crippen molar-refractivity contribution in [3.05, 3.63) is 39.7 Å². The van der Waals surface area contributed by atoms with Gasteiger partial charge in [-0.1, -0.05) is 6.07 Å². The van der Waals surface area contributed by atoms with Gasteiger partial charge in [0.15, 0.2) is 0 Å². The molecule has 1 aliphatic heterocycles. The lowest BCUT2D eigenvalue weighted by Crippen LogP contribution is -2.36. The number of likely N-dealkylation sites (tertiary alicyclic amines) is 1. The molecule has 0 aliphatic carbocycles. The number of aromatic nitrogens is 1. The average Bonchev–Trinajstić information content (AvgIpc) is 2.84. The van der Waals surface area contributed by atoms with Crippen LogP contribution in [-0.2, 0) is 14.4 Å². The Morgan fingerprint density at radius 2 is 1.79 bits per heavy atom. The molecule has 0 bridgehead atoms. The molecule has 1 saturated heterocycles. The molecule has 7 heteroatoms. The first-order chi connectivity index (χ1) is 11.4. The van der Waals surface area contributed by atoms with Crippen LogP contribution in [0.15, 0.2) is 23.0 Å². The van der Waals surface area contributed by atoms with Gasteiger partial charge < -0.3 is 10.3 Å². The van der Waals surface area contributed by atoms with E-state index in [-0.39, 0.29) is 36.8 Å². The van der Waals surface area contributed by atoms with E-state index >= 15 is 0 Å². The molecule has 0 unspecified atom stereocenters. The van der Waals surface area contributed by atoms with Gasteiger partial charge in [0, 0.05) is 29.5 Å². The van der Waals surface area contributed by atoms with Gasteiger partial charge >= 0.3 is 0 Å². The molecule has 7 nitrogen and oxygen atoms in total. The zero-order valence-corrected chi connectivity index (χ0v) is 13.4.